The summed E-state index contributed by atoms with van der Waals surface area (Å²) < 4.78 is 10.1. The number of aromatic hydroxyl groups is 1. The van der Waals surface area contributed by atoms with Crippen molar-refractivity contribution in [3.8, 4) is 5.75 Å². The van der Waals surface area contributed by atoms with E-state index in [1.165, 1.54) is 18.2 Å². The molecule has 0 radical (unpaired) electrons. The standard InChI is InChI=1S/C13H12ClNO4/c1-7-11(8(2)19-15-7)6-18-13(17)10-4-3-9(14)5-12(10)16/h3-5,16H,6H2,1-2H3. The lowest BCUT2D eigenvalue weighted by Crippen LogP contribution is -2.06. The van der Waals surface area contributed by atoms with Crippen LogP contribution in [0, 0.1) is 13.8 Å². The quantitative estimate of drug-likeness (QED) is 0.876. The predicted molar refractivity (Wildman–Crippen MR) is 68.2 cm³/mol. The number of benzene rings is 1. The highest BCUT2D eigenvalue weighted by molar-refractivity contribution is 6.30. The Morgan fingerprint density at radius 2 is 2.21 bits per heavy atom. The summed E-state index contributed by atoms with van der Waals surface area (Å²) in [5, 5.41) is 13.7. The first kappa shape index (κ1) is 13.4. The van der Waals surface area contributed by atoms with Crippen LogP contribution in [0.25, 0.3) is 0 Å². The van der Waals surface area contributed by atoms with Crippen LogP contribution in [-0.4, -0.2) is 16.2 Å². The van der Waals surface area contributed by atoms with Gasteiger partial charge in [-0.3, -0.25) is 0 Å². The Balaban J connectivity index is 2.10. The molecule has 5 nitrogen and oxygen atoms in total. The highest BCUT2D eigenvalue weighted by atomic mass is 35.5. The van der Waals surface area contributed by atoms with Gasteiger partial charge < -0.3 is 14.4 Å². The molecule has 0 saturated carbocycles. The van der Waals surface area contributed by atoms with Crippen molar-refractivity contribution in [1.29, 1.82) is 0 Å². The van der Waals surface area contributed by atoms with Crippen molar-refractivity contribution in [3.63, 3.8) is 0 Å². The normalized spacial score (nSPS) is 10.5. The van der Waals surface area contributed by atoms with Crippen LogP contribution in [0.5, 0.6) is 5.75 Å². The molecule has 0 bridgehead atoms. The molecule has 2 aromatic rings. The lowest BCUT2D eigenvalue weighted by molar-refractivity contribution is 0.0467. The SMILES string of the molecule is Cc1noc(C)c1COC(=O)c1ccc(Cl)cc1O. The maximum atomic E-state index is 11.8. The molecule has 2 rings (SSSR count). The van der Waals surface area contributed by atoms with E-state index in [9.17, 15) is 9.90 Å². The van der Waals surface area contributed by atoms with Gasteiger partial charge in [0.05, 0.1) is 11.3 Å². The van der Waals surface area contributed by atoms with Crippen LogP contribution in [0.1, 0.15) is 27.4 Å². The fourth-order valence-electron chi connectivity index (χ4n) is 1.60. The Morgan fingerprint density at radius 1 is 1.47 bits per heavy atom. The number of phenolic OH excluding ortho intramolecular Hbond substituents is 1. The van der Waals surface area contributed by atoms with Crippen molar-refractivity contribution < 1.29 is 19.2 Å². The molecule has 0 atom stereocenters. The summed E-state index contributed by atoms with van der Waals surface area (Å²) in [6.07, 6.45) is 0. The molecule has 0 aliphatic rings. The number of carbonyl (C=O) groups is 1. The van der Waals surface area contributed by atoms with Gasteiger partial charge in [-0.05, 0) is 32.0 Å². The number of halogens is 1. The molecule has 0 unspecified atom stereocenters. The average molecular weight is 282 g/mol. The van der Waals surface area contributed by atoms with E-state index < -0.39 is 5.97 Å². The van der Waals surface area contributed by atoms with Crippen molar-refractivity contribution in [2.75, 3.05) is 0 Å². The monoisotopic (exact) mass is 281 g/mol. The first-order valence-corrected chi connectivity index (χ1v) is 5.94. The molecule has 0 aliphatic heterocycles. The summed E-state index contributed by atoms with van der Waals surface area (Å²) in [5.74, 6) is -0.240. The molecule has 1 aromatic carbocycles. The molecule has 1 N–H and O–H groups in total. The number of aromatic nitrogens is 1. The highest BCUT2D eigenvalue weighted by Crippen LogP contribution is 2.23. The average Bonchev–Trinajstić information content (AvgIpc) is 2.66. The molecule has 1 heterocycles. The van der Waals surface area contributed by atoms with E-state index in [2.05, 4.69) is 5.16 Å². The van der Waals surface area contributed by atoms with Crippen molar-refractivity contribution in [1.82, 2.24) is 5.16 Å². The third kappa shape index (κ3) is 2.88. The summed E-state index contributed by atoms with van der Waals surface area (Å²) >= 11 is 5.69. The summed E-state index contributed by atoms with van der Waals surface area (Å²) in [7, 11) is 0. The summed E-state index contributed by atoms with van der Waals surface area (Å²) in [6, 6.07) is 4.20. The number of phenols is 1. The highest BCUT2D eigenvalue weighted by Gasteiger charge is 2.16. The van der Waals surface area contributed by atoms with Gasteiger partial charge in [0.1, 0.15) is 23.7 Å². The first-order chi connectivity index (χ1) is 8.99. The van der Waals surface area contributed by atoms with Crippen molar-refractivity contribution >= 4 is 17.6 Å². The van der Waals surface area contributed by atoms with Gasteiger partial charge in [-0.15, -0.1) is 0 Å². The lowest BCUT2D eigenvalue weighted by Gasteiger charge is -2.06. The number of aryl methyl sites for hydroxylation is 2. The van der Waals surface area contributed by atoms with E-state index in [1.807, 2.05) is 0 Å². The molecule has 0 fully saturated rings. The summed E-state index contributed by atoms with van der Waals surface area (Å²) in [5.41, 5.74) is 1.46. The molecule has 1 aromatic heterocycles. The minimum Gasteiger partial charge on any atom is -0.507 e. The summed E-state index contributed by atoms with van der Waals surface area (Å²) in [6.45, 7) is 3.55. The maximum Gasteiger partial charge on any atom is 0.342 e. The van der Waals surface area contributed by atoms with Gasteiger partial charge in [-0.25, -0.2) is 4.79 Å². The Hall–Kier alpha value is -2.01. The molecule has 19 heavy (non-hydrogen) atoms. The van der Waals surface area contributed by atoms with Crippen LogP contribution in [-0.2, 0) is 11.3 Å². The number of ether oxygens (including phenoxy) is 1. The molecule has 0 saturated heterocycles. The van der Waals surface area contributed by atoms with Crippen LogP contribution >= 0.6 is 11.6 Å². The van der Waals surface area contributed by atoms with Gasteiger partial charge in [-0.2, -0.15) is 0 Å². The lowest BCUT2D eigenvalue weighted by atomic mass is 10.2. The van der Waals surface area contributed by atoms with Gasteiger partial charge in [0.25, 0.3) is 0 Å². The third-order valence-corrected chi connectivity index (χ3v) is 2.94. The van der Waals surface area contributed by atoms with E-state index >= 15 is 0 Å². The molecular weight excluding hydrogens is 270 g/mol. The largest absolute Gasteiger partial charge is 0.507 e. The zero-order valence-corrected chi connectivity index (χ0v) is 11.2. The number of rotatable bonds is 3. The Bertz CT molecular complexity index is 602. The van der Waals surface area contributed by atoms with E-state index in [-0.39, 0.29) is 17.9 Å². The van der Waals surface area contributed by atoms with E-state index in [1.54, 1.807) is 13.8 Å². The number of nitrogens with zero attached hydrogens (tertiary/aromatic N) is 1. The minimum atomic E-state index is -0.630. The second-order valence-electron chi connectivity index (χ2n) is 4.04. The molecule has 100 valence electrons. The van der Waals surface area contributed by atoms with Gasteiger partial charge in [0.15, 0.2) is 0 Å². The Labute approximate surface area is 114 Å². The predicted octanol–water partition coefficient (Wildman–Crippen LogP) is 3.01. The van der Waals surface area contributed by atoms with Gasteiger partial charge in [0.2, 0.25) is 0 Å². The minimum absolute atomic E-state index is 0.0437. The van der Waals surface area contributed by atoms with Crippen LogP contribution in [0.4, 0.5) is 0 Å². The number of hydrogen-bond donors (Lipinski definition) is 1. The van der Waals surface area contributed by atoms with Crippen LogP contribution in [0.2, 0.25) is 5.02 Å². The second kappa shape index (κ2) is 5.32. The molecule has 0 aliphatic carbocycles. The second-order valence-corrected chi connectivity index (χ2v) is 4.48. The zero-order chi connectivity index (χ0) is 14.0. The van der Waals surface area contributed by atoms with Crippen LogP contribution in [0.15, 0.2) is 22.7 Å². The molecule has 6 heteroatoms. The first-order valence-electron chi connectivity index (χ1n) is 5.56. The van der Waals surface area contributed by atoms with Crippen molar-refractivity contribution in [3.05, 3.63) is 45.8 Å². The smallest absolute Gasteiger partial charge is 0.342 e. The number of carbonyl (C=O) groups excluding carboxylic acids is 1. The maximum absolute atomic E-state index is 11.8. The topological polar surface area (TPSA) is 72.6 Å². The third-order valence-electron chi connectivity index (χ3n) is 2.71. The van der Waals surface area contributed by atoms with E-state index in [0.717, 1.165) is 5.56 Å². The Kier molecular flexibility index (Phi) is 3.76. The van der Waals surface area contributed by atoms with Gasteiger partial charge in [-0.1, -0.05) is 16.8 Å². The fourth-order valence-corrected chi connectivity index (χ4v) is 1.77. The van der Waals surface area contributed by atoms with Gasteiger partial charge in [0, 0.05) is 5.02 Å². The van der Waals surface area contributed by atoms with Gasteiger partial charge >= 0.3 is 5.97 Å². The summed E-state index contributed by atoms with van der Waals surface area (Å²) in [4.78, 5) is 11.8. The molecular formula is C13H12ClNO4. The van der Waals surface area contributed by atoms with Crippen LogP contribution < -0.4 is 0 Å². The van der Waals surface area contributed by atoms with Crippen molar-refractivity contribution in [2.45, 2.75) is 20.5 Å². The molecule has 0 amide bonds. The Morgan fingerprint density at radius 3 is 2.79 bits per heavy atom. The van der Waals surface area contributed by atoms with E-state index in [4.69, 9.17) is 20.9 Å². The van der Waals surface area contributed by atoms with Crippen molar-refractivity contribution in [2.24, 2.45) is 0 Å². The number of hydrogen-bond acceptors (Lipinski definition) is 5. The van der Waals surface area contributed by atoms with Crippen LogP contribution in [0.3, 0.4) is 0 Å². The fraction of sp³-hybridized carbons (Fsp3) is 0.231. The molecule has 0 spiro atoms. The zero-order valence-electron chi connectivity index (χ0n) is 10.4. The number of esters is 1. The van der Waals surface area contributed by atoms with E-state index in [0.29, 0.717) is 16.5 Å².